The number of carbonyl (C=O) groups is 1. The van der Waals surface area contributed by atoms with Gasteiger partial charge in [0.2, 0.25) is 0 Å². The Balaban J connectivity index is 3.14. The van der Waals surface area contributed by atoms with E-state index in [1.807, 2.05) is 19.1 Å². The van der Waals surface area contributed by atoms with E-state index in [0.29, 0.717) is 9.50 Å². The first-order valence-electron chi connectivity index (χ1n) is 3.87. The van der Waals surface area contributed by atoms with Crippen molar-refractivity contribution in [3.8, 4) is 0 Å². The molecule has 0 amide bonds. The highest BCUT2D eigenvalue weighted by atomic mass is 79.9. The maximum absolute atomic E-state index is 10.3. The Morgan fingerprint density at radius 3 is 2.79 bits per heavy atom. The van der Waals surface area contributed by atoms with Crippen molar-refractivity contribution in [2.24, 2.45) is 0 Å². The Hall–Kier alpha value is -0.800. The molecule has 0 spiro atoms. The molecule has 0 atom stereocenters. The van der Waals surface area contributed by atoms with Crippen molar-refractivity contribution in [2.45, 2.75) is 6.92 Å². The van der Waals surface area contributed by atoms with Crippen LogP contribution in [-0.4, -0.2) is 11.1 Å². The Kier molecular flexibility index (Phi) is 3.72. The summed E-state index contributed by atoms with van der Waals surface area (Å²) in [5, 5.41) is 9.05. The van der Waals surface area contributed by atoms with Crippen molar-refractivity contribution in [1.82, 2.24) is 0 Å². The van der Waals surface area contributed by atoms with Gasteiger partial charge in [-0.05, 0) is 46.1 Å². The summed E-state index contributed by atoms with van der Waals surface area (Å²) in [7, 11) is 0. The second kappa shape index (κ2) is 4.62. The Bertz CT molecular complexity index is 399. The van der Waals surface area contributed by atoms with Gasteiger partial charge in [-0.15, -0.1) is 0 Å². The lowest BCUT2D eigenvalue weighted by molar-refractivity contribution is -0.131. The number of rotatable bonds is 2. The van der Waals surface area contributed by atoms with E-state index >= 15 is 0 Å². The van der Waals surface area contributed by atoms with Crippen molar-refractivity contribution in [3.05, 3.63) is 38.8 Å². The molecule has 0 heterocycles. The van der Waals surface area contributed by atoms with Crippen molar-refractivity contribution < 1.29 is 9.90 Å². The van der Waals surface area contributed by atoms with Crippen LogP contribution < -0.4 is 0 Å². The summed E-state index contributed by atoms with van der Waals surface area (Å²) in [6, 6.07) is 3.67. The number of carboxylic acid groups (broad SMARTS) is 1. The van der Waals surface area contributed by atoms with Crippen LogP contribution >= 0.6 is 27.5 Å². The molecular formula is C10H8BrClO2. The number of carboxylic acids is 1. The molecule has 0 saturated heterocycles. The first-order chi connectivity index (χ1) is 6.50. The van der Waals surface area contributed by atoms with Crippen molar-refractivity contribution >= 4 is 39.6 Å². The molecule has 0 aliphatic carbocycles. The fraction of sp³-hybridized carbons (Fsp3) is 0.100. The van der Waals surface area contributed by atoms with Crippen LogP contribution in [0.15, 0.2) is 22.7 Å². The topological polar surface area (TPSA) is 37.3 Å². The van der Waals surface area contributed by atoms with Gasteiger partial charge in [-0.3, -0.25) is 0 Å². The summed E-state index contributed by atoms with van der Waals surface area (Å²) >= 11 is 9.19. The lowest BCUT2D eigenvalue weighted by Crippen LogP contribution is -1.87. The third-order valence-electron chi connectivity index (χ3n) is 1.61. The molecule has 1 N–H and O–H groups in total. The maximum Gasteiger partial charge on any atom is 0.328 e. The fourth-order valence-corrected chi connectivity index (χ4v) is 1.68. The van der Waals surface area contributed by atoms with E-state index in [4.69, 9.17) is 16.7 Å². The second-order valence-corrected chi connectivity index (χ2v) is 4.02. The Morgan fingerprint density at radius 2 is 2.21 bits per heavy atom. The SMILES string of the molecule is Cc1cc(Cl)c(Br)c(/C=C/C(=O)O)c1. The Labute approximate surface area is 95.3 Å². The molecule has 0 unspecified atom stereocenters. The minimum absolute atomic E-state index is 0.579. The van der Waals surface area contributed by atoms with E-state index in [0.717, 1.165) is 17.2 Å². The van der Waals surface area contributed by atoms with Crippen LogP contribution in [0, 0.1) is 6.92 Å². The van der Waals surface area contributed by atoms with Crippen LogP contribution in [0.25, 0.3) is 6.08 Å². The number of halogens is 2. The van der Waals surface area contributed by atoms with Crippen LogP contribution in [0.4, 0.5) is 0 Å². The summed E-state index contributed by atoms with van der Waals surface area (Å²) in [5.41, 5.74) is 1.75. The summed E-state index contributed by atoms with van der Waals surface area (Å²) in [6.07, 6.45) is 2.58. The first-order valence-corrected chi connectivity index (χ1v) is 5.04. The molecular weight excluding hydrogens is 267 g/mol. The zero-order valence-corrected chi connectivity index (χ0v) is 9.76. The predicted octanol–water partition coefficient (Wildman–Crippen LogP) is 3.51. The zero-order valence-electron chi connectivity index (χ0n) is 7.42. The molecule has 1 aromatic rings. The lowest BCUT2D eigenvalue weighted by Gasteiger charge is -2.02. The molecule has 1 aromatic carbocycles. The normalized spacial score (nSPS) is 10.8. The Morgan fingerprint density at radius 1 is 1.57 bits per heavy atom. The van der Waals surface area contributed by atoms with Gasteiger partial charge in [0, 0.05) is 10.5 Å². The number of hydrogen-bond acceptors (Lipinski definition) is 1. The van der Waals surface area contributed by atoms with Crippen molar-refractivity contribution in [2.75, 3.05) is 0 Å². The molecule has 74 valence electrons. The molecule has 0 saturated carbocycles. The van der Waals surface area contributed by atoms with Crippen LogP contribution in [0.1, 0.15) is 11.1 Å². The molecule has 0 radical (unpaired) electrons. The number of benzene rings is 1. The van der Waals surface area contributed by atoms with Crippen LogP contribution in [-0.2, 0) is 4.79 Å². The van der Waals surface area contributed by atoms with Crippen LogP contribution in [0.3, 0.4) is 0 Å². The third-order valence-corrected chi connectivity index (χ3v) is 3.02. The van der Waals surface area contributed by atoms with Crippen molar-refractivity contribution in [3.63, 3.8) is 0 Å². The number of aliphatic carboxylic acids is 1. The van der Waals surface area contributed by atoms with E-state index in [9.17, 15) is 4.79 Å². The standard InChI is InChI=1S/C10H8BrClO2/c1-6-4-7(2-3-9(13)14)10(11)8(12)5-6/h2-5H,1H3,(H,13,14)/b3-2+. The van der Waals surface area contributed by atoms with Gasteiger partial charge < -0.3 is 5.11 Å². The molecule has 2 nitrogen and oxygen atoms in total. The van der Waals surface area contributed by atoms with Crippen LogP contribution in [0.5, 0.6) is 0 Å². The molecule has 14 heavy (non-hydrogen) atoms. The molecule has 0 bridgehead atoms. The van der Waals surface area contributed by atoms with Gasteiger partial charge in [0.15, 0.2) is 0 Å². The maximum atomic E-state index is 10.3. The van der Waals surface area contributed by atoms with Gasteiger partial charge in [-0.1, -0.05) is 17.7 Å². The number of hydrogen-bond donors (Lipinski definition) is 1. The predicted molar refractivity (Wildman–Crippen MR) is 60.6 cm³/mol. The molecule has 4 heteroatoms. The quantitative estimate of drug-likeness (QED) is 0.839. The van der Waals surface area contributed by atoms with E-state index < -0.39 is 5.97 Å². The smallest absolute Gasteiger partial charge is 0.328 e. The highest BCUT2D eigenvalue weighted by molar-refractivity contribution is 9.10. The van der Waals surface area contributed by atoms with Gasteiger partial charge in [0.1, 0.15) is 0 Å². The minimum Gasteiger partial charge on any atom is -0.478 e. The average Bonchev–Trinajstić information content (AvgIpc) is 2.08. The van der Waals surface area contributed by atoms with E-state index in [-0.39, 0.29) is 0 Å². The first kappa shape index (κ1) is 11.3. The third kappa shape index (κ3) is 2.86. The van der Waals surface area contributed by atoms with Gasteiger partial charge >= 0.3 is 5.97 Å². The van der Waals surface area contributed by atoms with E-state index in [1.165, 1.54) is 6.08 Å². The van der Waals surface area contributed by atoms with Gasteiger partial charge in [-0.2, -0.15) is 0 Å². The fourth-order valence-electron chi connectivity index (χ4n) is 1.03. The highest BCUT2D eigenvalue weighted by Crippen LogP contribution is 2.28. The molecule has 0 fully saturated rings. The highest BCUT2D eigenvalue weighted by Gasteiger charge is 2.03. The van der Waals surface area contributed by atoms with E-state index in [1.54, 1.807) is 0 Å². The number of aryl methyl sites for hydroxylation is 1. The summed E-state index contributed by atoms with van der Waals surface area (Å²) in [6.45, 7) is 1.90. The van der Waals surface area contributed by atoms with Gasteiger partial charge in [-0.25, -0.2) is 4.79 Å². The summed E-state index contributed by atoms with van der Waals surface area (Å²) < 4.78 is 0.710. The largest absolute Gasteiger partial charge is 0.478 e. The summed E-state index contributed by atoms with van der Waals surface area (Å²) in [5.74, 6) is -0.977. The van der Waals surface area contributed by atoms with Gasteiger partial charge in [0.25, 0.3) is 0 Å². The second-order valence-electron chi connectivity index (χ2n) is 2.82. The average molecular weight is 276 g/mol. The lowest BCUT2D eigenvalue weighted by atomic mass is 10.1. The molecule has 0 aliphatic rings. The van der Waals surface area contributed by atoms with Gasteiger partial charge in [0.05, 0.1) is 5.02 Å². The zero-order chi connectivity index (χ0) is 10.7. The molecule has 0 aromatic heterocycles. The van der Waals surface area contributed by atoms with Crippen LogP contribution in [0.2, 0.25) is 5.02 Å². The monoisotopic (exact) mass is 274 g/mol. The molecule has 1 rings (SSSR count). The minimum atomic E-state index is -0.977. The van der Waals surface area contributed by atoms with E-state index in [2.05, 4.69) is 15.9 Å². The molecule has 0 aliphatic heterocycles. The van der Waals surface area contributed by atoms with Crippen molar-refractivity contribution in [1.29, 1.82) is 0 Å². The summed E-state index contributed by atoms with van der Waals surface area (Å²) in [4.78, 5) is 10.3.